The number of nitrogens with two attached hydrogens (primary N) is 2. The Morgan fingerprint density at radius 3 is 2.56 bits per heavy atom. The van der Waals surface area contributed by atoms with Crippen molar-refractivity contribution in [3.63, 3.8) is 0 Å². The molecule has 3 fully saturated rings. The minimum Gasteiger partial charge on any atom is -0.397 e. The Bertz CT molecular complexity index is 1920. The van der Waals surface area contributed by atoms with Crippen LogP contribution in [0, 0.1) is 0 Å². The van der Waals surface area contributed by atoms with Crippen molar-refractivity contribution in [1.82, 2.24) is 34.1 Å². The third-order valence-corrected chi connectivity index (χ3v) is 9.53. The summed E-state index contributed by atoms with van der Waals surface area (Å²) >= 11 is 0. The maximum absolute atomic E-state index is 15.8. The maximum Gasteiger partial charge on any atom is 0.472 e. The van der Waals surface area contributed by atoms with Gasteiger partial charge in [0.2, 0.25) is 5.95 Å². The van der Waals surface area contributed by atoms with Gasteiger partial charge in [0.25, 0.3) is 5.56 Å². The number of phosphoric ester groups is 1. The molecule has 0 spiro atoms. The van der Waals surface area contributed by atoms with Gasteiger partial charge in [-0.15, -0.1) is 0 Å². The second kappa shape index (κ2) is 11.2. The summed E-state index contributed by atoms with van der Waals surface area (Å²) in [5.74, 6) is -0.287. The number of nitrogen functional groups attached to an aromatic ring is 2. The van der Waals surface area contributed by atoms with Crippen molar-refractivity contribution >= 4 is 49.4 Å². The molecule has 3 aliphatic rings. The van der Waals surface area contributed by atoms with Crippen LogP contribution in [0.2, 0.25) is 0 Å². The fraction of sp³-hybridized carbons (Fsp3) is 0.500. The largest absolute Gasteiger partial charge is 0.472 e. The second-order valence-electron chi connectivity index (χ2n) is 10.5. The predicted molar refractivity (Wildman–Crippen MR) is 148 cm³/mol. The lowest BCUT2D eigenvalue weighted by Gasteiger charge is -2.25. The van der Waals surface area contributed by atoms with E-state index in [0.29, 0.717) is 16.9 Å². The summed E-state index contributed by atoms with van der Waals surface area (Å²) in [4.78, 5) is 52.2. The molecule has 3 saturated heterocycles. The molecule has 23 heteroatoms. The van der Waals surface area contributed by atoms with Crippen LogP contribution in [0.5, 0.6) is 0 Å². The maximum atomic E-state index is 15.8. The smallest absolute Gasteiger partial charge is 0.397 e. The number of imidazole rings is 2. The van der Waals surface area contributed by atoms with Crippen molar-refractivity contribution in [2.75, 3.05) is 31.0 Å². The van der Waals surface area contributed by atoms with E-state index < -0.39 is 83.6 Å². The van der Waals surface area contributed by atoms with Crippen molar-refractivity contribution < 1.29 is 51.1 Å². The number of phosphoric acid groups is 1. The number of anilines is 2. The van der Waals surface area contributed by atoms with Crippen molar-refractivity contribution in [2.45, 2.75) is 49.5 Å². The number of aromatic nitrogens is 7. The monoisotopic (exact) mass is 673 g/mol. The van der Waals surface area contributed by atoms with Gasteiger partial charge in [0.05, 0.1) is 37.7 Å². The molecule has 0 amide bonds. The molecule has 4 aromatic rings. The lowest BCUT2D eigenvalue weighted by atomic mass is 10.1. The lowest BCUT2D eigenvalue weighted by Crippen LogP contribution is -2.34. The van der Waals surface area contributed by atoms with Crippen LogP contribution in [-0.2, 0) is 36.9 Å². The van der Waals surface area contributed by atoms with Crippen LogP contribution < -0.4 is 17.0 Å². The molecule has 45 heavy (non-hydrogen) atoms. The van der Waals surface area contributed by atoms with Gasteiger partial charge in [-0.25, -0.2) is 23.9 Å². The van der Waals surface area contributed by atoms with E-state index in [2.05, 4.69) is 24.9 Å². The summed E-state index contributed by atoms with van der Waals surface area (Å²) < 4.78 is 77.6. The highest BCUT2D eigenvalue weighted by molar-refractivity contribution is 7.52. The van der Waals surface area contributed by atoms with E-state index >= 15 is 4.39 Å². The minimum atomic E-state index is -5.06. The number of H-pyrrole nitrogens is 1. The molecule has 4 aromatic heterocycles. The Hall–Kier alpha value is -3.36. The number of ether oxygens (including phenoxy) is 3. The van der Waals surface area contributed by atoms with Crippen LogP contribution in [0.1, 0.15) is 18.9 Å². The van der Waals surface area contributed by atoms with Crippen LogP contribution in [0.4, 0.5) is 16.0 Å². The molecule has 20 nitrogen and oxygen atoms in total. The first-order valence-corrected chi connectivity index (χ1v) is 16.6. The normalized spacial score (nSPS) is 36.3. The van der Waals surface area contributed by atoms with E-state index in [1.165, 1.54) is 12.5 Å². The molecule has 3 unspecified atom stereocenters. The van der Waals surface area contributed by atoms with Crippen LogP contribution in [-0.4, -0.2) is 94.0 Å². The first-order chi connectivity index (χ1) is 21.4. The molecule has 9 atom stereocenters. The predicted octanol–water partition coefficient (Wildman–Crippen LogP) is 0.312. The number of pyridine rings is 1. The van der Waals surface area contributed by atoms with Crippen LogP contribution in [0.3, 0.4) is 0 Å². The second-order valence-corrected chi connectivity index (χ2v) is 13.7. The highest BCUT2D eigenvalue weighted by atomic mass is 31.2. The summed E-state index contributed by atoms with van der Waals surface area (Å²) in [5, 5.41) is 0. The topological polar surface area (TPSA) is 276 Å². The number of hydrogen-bond acceptors (Lipinski definition) is 15. The standard InChI is InChI=1S/C22H26FN9O11P2/c23-14-12-5-39-44(34,35)8-38-10-3-13(31-6-27-15-9(24)1-2-26-18(15)31)41-11(10)4-40-45(36,37)43-17(14)21(42-12)32-7-28-16-19(32)29-22(25)30-20(16)33/h1-2,6-7,10-14,17,21H,3-5,8H2,(H2,24,26)(H,34,35)(H,36,37)(H3,25,29,30,33)/t10-,11-,12-,13-,14+,17?,21-/m1/s1. The van der Waals surface area contributed by atoms with E-state index in [9.17, 15) is 23.7 Å². The summed E-state index contributed by atoms with van der Waals surface area (Å²) in [6.45, 7) is -1.40. The quantitative estimate of drug-likeness (QED) is 0.179. The number of fused-ring (bicyclic) bond motifs is 5. The van der Waals surface area contributed by atoms with Crippen molar-refractivity contribution in [3.05, 3.63) is 35.3 Å². The lowest BCUT2D eigenvalue weighted by molar-refractivity contribution is -0.0619. The van der Waals surface area contributed by atoms with Crippen LogP contribution in [0.15, 0.2) is 29.7 Å². The Balaban J connectivity index is 1.18. The molecular weight excluding hydrogens is 647 g/mol. The summed E-state index contributed by atoms with van der Waals surface area (Å²) in [5.41, 5.74) is 11.8. The first kappa shape index (κ1) is 30.3. The summed E-state index contributed by atoms with van der Waals surface area (Å²) in [7, 11) is -9.57. The number of aromatic amines is 1. The molecule has 0 aliphatic carbocycles. The average Bonchev–Trinajstić information content (AvgIpc) is 3.75. The van der Waals surface area contributed by atoms with Gasteiger partial charge in [-0.05, 0) is 6.07 Å². The van der Waals surface area contributed by atoms with E-state index in [0.717, 1.165) is 10.9 Å². The highest BCUT2D eigenvalue weighted by Crippen LogP contribution is 2.52. The van der Waals surface area contributed by atoms with E-state index in [1.807, 2.05) is 0 Å². The molecule has 7 heterocycles. The fourth-order valence-electron chi connectivity index (χ4n) is 5.42. The Kier molecular flexibility index (Phi) is 7.52. The van der Waals surface area contributed by atoms with Gasteiger partial charge in [-0.3, -0.25) is 32.5 Å². The molecule has 0 saturated carbocycles. The third-order valence-electron chi connectivity index (χ3n) is 7.52. The van der Waals surface area contributed by atoms with Gasteiger partial charge in [-0.1, -0.05) is 0 Å². The zero-order valence-corrected chi connectivity index (χ0v) is 24.6. The molecule has 3 aliphatic heterocycles. The molecule has 0 aromatic carbocycles. The highest BCUT2D eigenvalue weighted by Gasteiger charge is 2.52. The average molecular weight is 673 g/mol. The van der Waals surface area contributed by atoms with Gasteiger partial charge in [-0.2, -0.15) is 4.98 Å². The molecule has 0 radical (unpaired) electrons. The number of alkyl halides is 1. The molecule has 7 rings (SSSR count). The van der Waals surface area contributed by atoms with Crippen LogP contribution in [0.25, 0.3) is 22.3 Å². The number of nitrogens with one attached hydrogen (secondary N) is 1. The number of hydrogen-bond donors (Lipinski definition) is 5. The third kappa shape index (κ3) is 5.65. The molecule has 2 bridgehead atoms. The fourth-order valence-corrected chi connectivity index (χ4v) is 7.18. The van der Waals surface area contributed by atoms with E-state index in [1.54, 1.807) is 10.6 Å². The SMILES string of the molecule is Nc1nc2c(ncn2[C@@H]2O[C@@H]3COP(=O)(O)CO[C@@H]4C[C@H](n5cnc6c(N)ccnc65)O[C@@H]4COP(=O)(O)OC2[C@H]3F)c(=O)[nH]1. The van der Waals surface area contributed by atoms with Gasteiger partial charge >= 0.3 is 15.4 Å². The number of halogens is 1. The van der Waals surface area contributed by atoms with Crippen molar-refractivity contribution in [2.24, 2.45) is 0 Å². The van der Waals surface area contributed by atoms with Crippen LogP contribution >= 0.6 is 15.4 Å². The number of nitrogens with zero attached hydrogens (tertiary/aromatic N) is 6. The zero-order chi connectivity index (χ0) is 31.7. The Morgan fingerprint density at radius 2 is 1.73 bits per heavy atom. The molecule has 7 N–H and O–H groups in total. The van der Waals surface area contributed by atoms with E-state index in [4.69, 9.17) is 39.2 Å². The van der Waals surface area contributed by atoms with Gasteiger partial charge in [0.1, 0.15) is 36.4 Å². The van der Waals surface area contributed by atoms with E-state index in [-0.39, 0.29) is 23.5 Å². The van der Waals surface area contributed by atoms with Crippen molar-refractivity contribution in [1.29, 1.82) is 0 Å². The van der Waals surface area contributed by atoms with Gasteiger partial charge in [0, 0.05) is 12.6 Å². The molecule has 242 valence electrons. The molecular formula is C22H26FN9O11P2. The minimum absolute atomic E-state index is 0.0819. The van der Waals surface area contributed by atoms with Gasteiger partial charge in [0.15, 0.2) is 29.2 Å². The zero-order valence-electron chi connectivity index (χ0n) is 22.9. The number of rotatable bonds is 2. The van der Waals surface area contributed by atoms with Crippen molar-refractivity contribution in [3.8, 4) is 0 Å². The summed E-state index contributed by atoms with van der Waals surface area (Å²) in [6, 6.07) is 1.58. The Labute approximate surface area is 250 Å². The Morgan fingerprint density at radius 1 is 0.978 bits per heavy atom. The first-order valence-electron chi connectivity index (χ1n) is 13.4. The van der Waals surface area contributed by atoms with Gasteiger partial charge < -0.3 is 40.0 Å². The summed E-state index contributed by atoms with van der Waals surface area (Å²) in [6.07, 6.45) is -6.78.